The lowest BCUT2D eigenvalue weighted by Crippen LogP contribution is -2.27. The number of hydrogen-bond donors (Lipinski definition) is 2. The van der Waals surface area contributed by atoms with Gasteiger partial charge in [0.25, 0.3) is 0 Å². The van der Waals surface area contributed by atoms with Gasteiger partial charge in [0.1, 0.15) is 11.5 Å². The van der Waals surface area contributed by atoms with E-state index in [9.17, 15) is 14.7 Å². The summed E-state index contributed by atoms with van der Waals surface area (Å²) in [5, 5.41) is 19.9. The number of Topliss-reactive ketones (excluding diaryl/α,β-unsaturated/α-hetero) is 1. The van der Waals surface area contributed by atoms with Crippen molar-refractivity contribution in [1.29, 1.82) is 0 Å². The lowest BCUT2D eigenvalue weighted by Gasteiger charge is -2.30. The monoisotopic (exact) mass is 442 g/mol. The van der Waals surface area contributed by atoms with Crippen molar-refractivity contribution < 1.29 is 24.5 Å². The minimum Gasteiger partial charge on any atom is -0.507 e. The molecule has 0 aliphatic heterocycles. The molecule has 1 aliphatic rings. The molecule has 0 radical (unpaired) electrons. The molecule has 2 aromatic carbocycles. The minimum atomic E-state index is -0.822. The fourth-order valence-corrected chi connectivity index (χ4v) is 5.33. The van der Waals surface area contributed by atoms with Crippen molar-refractivity contribution in [3.63, 3.8) is 0 Å². The number of ketones is 1. The fraction of sp³-hybridized carbons (Fsp3) is 0.440. The maximum absolute atomic E-state index is 11.8. The first-order chi connectivity index (χ1) is 14.9. The molecule has 0 aromatic heterocycles. The Hall–Kier alpha value is -2.47. The van der Waals surface area contributed by atoms with Crippen LogP contribution in [0, 0.1) is 0 Å². The lowest BCUT2D eigenvalue weighted by atomic mass is 9.96. The van der Waals surface area contributed by atoms with Gasteiger partial charge in [0, 0.05) is 15.7 Å². The fourth-order valence-electron chi connectivity index (χ4n) is 4.05. The van der Waals surface area contributed by atoms with Gasteiger partial charge in [-0.05, 0) is 68.9 Å². The number of hydrogen-bond acceptors (Lipinski definition) is 5. The summed E-state index contributed by atoms with van der Waals surface area (Å²) in [4.78, 5) is 23.8. The van der Waals surface area contributed by atoms with E-state index >= 15 is 0 Å². The standard InChI is InChI=1S/C25H30O5S/c1-3-5-22-23(13-12-21(16(2)26)25(22)29)30-18-6-4-7-20(15-18)31-19-10-8-17(9-11-19)14-24(27)28/h8-13,18,20,29H,3-7,14-15H2,1-2H3,(H,27,28)/t18-,20+/m0/s1. The van der Waals surface area contributed by atoms with Crippen molar-refractivity contribution in [2.24, 2.45) is 0 Å². The van der Waals surface area contributed by atoms with E-state index in [2.05, 4.69) is 0 Å². The number of phenolic OH excluding ortho intramolecular Hbond substituents is 1. The van der Waals surface area contributed by atoms with Gasteiger partial charge in [-0.25, -0.2) is 0 Å². The molecule has 31 heavy (non-hydrogen) atoms. The van der Waals surface area contributed by atoms with E-state index in [0.717, 1.165) is 48.1 Å². The molecule has 1 fully saturated rings. The Balaban J connectivity index is 1.66. The SMILES string of the molecule is CCCc1c(O[C@H]2CCC[C@@H](Sc3ccc(CC(=O)O)cc3)C2)ccc(C(C)=O)c1O. The van der Waals surface area contributed by atoms with Crippen LogP contribution in [0.4, 0.5) is 0 Å². The molecular weight excluding hydrogens is 412 g/mol. The number of carbonyl (C=O) groups excluding carboxylic acids is 1. The Kier molecular flexibility index (Phi) is 8.02. The molecule has 0 amide bonds. The van der Waals surface area contributed by atoms with Crippen molar-refractivity contribution in [2.45, 2.75) is 75.0 Å². The number of carbonyl (C=O) groups is 2. The van der Waals surface area contributed by atoms with E-state index in [-0.39, 0.29) is 24.1 Å². The lowest BCUT2D eigenvalue weighted by molar-refractivity contribution is -0.136. The first kappa shape index (κ1) is 23.2. The van der Waals surface area contributed by atoms with E-state index in [0.29, 0.717) is 23.0 Å². The van der Waals surface area contributed by atoms with Crippen LogP contribution in [0.2, 0.25) is 0 Å². The maximum atomic E-state index is 11.8. The van der Waals surface area contributed by atoms with Crippen LogP contribution in [0.3, 0.4) is 0 Å². The van der Waals surface area contributed by atoms with E-state index in [4.69, 9.17) is 9.84 Å². The normalized spacial score (nSPS) is 18.5. The van der Waals surface area contributed by atoms with Crippen LogP contribution < -0.4 is 4.74 Å². The summed E-state index contributed by atoms with van der Waals surface area (Å²) in [5.41, 5.74) is 1.87. The van der Waals surface area contributed by atoms with E-state index in [1.807, 2.05) is 49.0 Å². The highest BCUT2D eigenvalue weighted by Crippen LogP contribution is 2.38. The summed E-state index contributed by atoms with van der Waals surface area (Å²) in [6.45, 7) is 3.50. The zero-order valence-corrected chi connectivity index (χ0v) is 18.9. The summed E-state index contributed by atoms with van der Waals surface area (Å²) < 4.78 is 6.34. The molecule has 0 bridgehead atoms. The van der Waals surface area contributed by atoms with Gasteiger partial charge in [0.15, 0.2) is 5.78 Å². The molecule has 1 saturated carbocycles. The second-order valence-electron chi connectivity index (χ2n) is 8.11. The van der Waals surface area contributed by atoms with Crippen molar-refractivity contribution in [2.75, 3.05) is 0 Å². The Morgan fingerprint density at radius 3 is 2.52 bits per heavy atom. The molecule has 0 spiro atoms. The van der Waals surface area contributed by atoms with Gasteiger partial charge in [0.2, 0.25) is 0 Å². The third kappa shape index (κ3) is 6.26. The zero-order chi connectivity index (χ0) is 22.4. The molecule has 2 atom stereocenters. The Morgan fingerprint density at radius 1 is 1.13 bits per heavy atom. The van der Waals surface area contributed by atoms with Gasteiger partial charge in [-0.3, -0.25) is 9.59 Å². The quantitative estimate of drug-likeness (QED) is 0.488. The largest absolute Gasteiger partial charge is 0.507 e. The summed E-state index contributed by atoms with van der Waals surface area (Å²) in [5.74, 6) is -0.240. The Morgan fingerprint density at radius 2 is 1.87 bits per heavy atom. The van der Waals surface area contributed by atoms with Crippen molar-refractivity contribution in [3.05, 3.63) is 53.1 Å². The molecule has 2 N–H and O–H groups in total. The van der Waals surface area contributed by atoms with Gasteiger partial charge < -0.3 is 14.9 Å². The van der Waals surface area contributed by atoms with Gasteiger partial charge >= 0.3 is 5.97 Å². The molecule has 0 saturated heterocycles. The van der Waals surface area contributed by atoms with Crippen molar-refractivity contribution >= 4 is 23.5 Å². The highest BCUT2D eigenvalue weighted by atomic mass is 32.2. The number of thioether (sulfide) groups is 1. The molecule has 0 heterocycles. The first-order valence-electron chi connectivity index (χ1n) is 10.9. The van der Waals surface area contributed by atoms with Gasteiger partial charge in [-0.2, -0.15) is 0 Å². The summed E-state index contributed by atoms with van der Waals surface area (Å²) >= 11 is 1.81. The highest BCUT2D eigenvalue weighted by molar-refractivity contribution is 8.00. The first-order valence-corrected chi connectivity index (χ1v) is 11.7. The smallest absolute Gasteiger partial charge is 0.307 e. The predicted octanol–water partition coefficient (Wildman–Crippen LogP) is 5.66. The second-order valence-corrected chi connectivity index (χ2v) is 9.48. The topological polar surface area (TPSA) is 83.8 Å². The van der Waals surface area contributed by atoms with E-state index in [1.54, 1.807) is 6.07 Å². The number of ether oxygens (including phenoxy) is 1. The summed E-state index contributed by atoms with van der Waals surface area (Å²) in [7, 11) is 0. The van der Waals surface area contributed by atoms with Crippen LogP contribution in [-0.4, -0.2) is 33.3 Å². The van der Waals surface area contributed by atoms with Crippen LogP contribution in [0.5, 0.6) is 11.5 Å². The number of carboxylic acids is 1. The molecule has 6 heteroatoms. The summed E-state index contributed by atoms with van der Waals surface area (Å²) in [6.07, 6.45) is 5.67. The van der Waals surface area contributed by atoms with Crippen molar-refractivity contribution in [3.8, 4) is 11.5 Å². The number of carboxylic acid groups (broad SMARTS) is 1. The van der Waals surface area contributed by atoms with Crippen molar-refractivity contribution in [1.82, 2.24) is 0 Å². The minimum absolute atomic E-state index is 0.0413. The van der Waals surface area contributed by atoms with Gasteiger partial charge in [0.05, 0.1) is 18.1 Å². The van der Waals surface area contributed by atoms with Crippen LogP contribution in [0.1, 0.15) is 67.4 Å². The average Bonchev–Trinajstić information content (AvgIpc) is 2.72. The average molecular weight is 443 g/mol. The zero-order valence-electron chi connectivity index (χ0n) is 18.1. The maximum Gasteiger partial charge on any atom is 0.307 e. The third-order valence-electron chi connectivity index (χ3n) is 5.57. The van der Waals surface area contributed by atoms with Crippen LogP contribution in [-0.2, 0) is 17.6 Å². The molecule has 0 unspecified atom stereocenters. The number of aliphatic carboxylic acids is 1. The molecule has 5 nitrogen and oxygen atoms in total. The molecule has 2 aromatic rings. The predicted molar refractivity (Wildman–Crippen MR) is 122 cm³/mol. The van der Waals surface area contributed by atoms with Gasteiger partial charge in [-0.15, -0.1) is 11.8 Å². The highest BCUT2D eigenvalue weighted by Gasteiger charge is 2.26. The van der Waals surface area contributed by atoms with Crippen LogP contribution >= 0.6 is 11.8 Å². The molecular formula is C25H30O5S. The molecule has 1 aliphatic carbocycles. The van der Waals surface area contributed by atoms with Crippen LogP contribution in [0.15, 0.2) is 41.3 Å². The third-order valence-corrected chi connectivity index (χ3v) is 6.88. The Bertz CT molecular complexity index is 922. The van der Waals surface area contributed by atoms with Crippen LogP contribution in [0.25, 0.3) is 0 Å². The Labute approximate surface area is 187 Å². The van der Waals surface area contributed by atoms with E-state index < -0.39 is 5.97 Å². The molecule has 3 rings (SSSR count). The molecule has 166 valence electrons. The number of phenols is 1. The van der Waals surface area contributed by atoms with E-state index in [1.165, 1.54) is 6.92 Å². The van der Waals surface area contributed by atoms with Gasteiger partial charge in [-0.1, -0.05) is 25.5 Å². The second kappa shape index (κ2) is 10.7. The summed E-state index contributed by atoms with van der Waals surface area (Å²) in [6, 6.07) is 11.2. The number of rotatable bonds is 9. The number of benzene rings is 2. The number of aromatic hydroxyl groups is 1.